The average Bonchev–Trinajstić information content (AvgIpc) is 2.63. The predicted octanol–water partition coefficient (Wildman–Crippen LogP) is 4.17. The van der Waals surface area contributed by atoms with Gasteiger partial charge in [0.1, 0.15) is 6.04 Å². The molecule has 1 aromatic heterocycles. The van der Waals surface area contributed by atoms with Gasteiger partial charge in [0.05, 0.1) is 0 Å². The molecule has 0 fully saturated rings. The second-order valence-corrected chi connectivity index (χ2v) is 6.45. The minimum atomic E-state index is -0.447. The highest BCUT2D eigenvalue weighted by Crippen LogP contribution is 2.19. The third-order valence-electron chi connectivity index (χ3n) is 4.12. The van der Waals surface area contributed by atoms with E-state index < -0.39 is 6.04 Å². The Balaban J connectivity index is 1.79. The number of carbonyl (C=O) groups is 1. The maximum absolute atomic E-state index is 13.0. The molecule has 0 saturated heterocycles. The zero-order valence-electron chi connectivity index (χ0n) is 15.1. The maximum atomic E-state index is 13.0. The van der Waals surface area contributed by atoms with Crippen molar-refractivity contribution in [2.24, 2.45) is 0 Å². The van der Waals surface area contributed by atoms with E-state index in [0.29, 0.717) is 6.54 Å². The predicted molar refractivity (Wildman–Crippen MR) is 105 cm³/mol. The van der Waals surface area contributed by atoms with E-state index in [1.807, 2.05) is 68.4 Å². The molecule has 3 rings (SSSR count). The van der Waals surface area contributed by atoms with Crippen LogP contribution in [-0.4, -0.2) is 10.9 Å². The summed E-state index contributed by atoms with van der Waals surface area (Å²) in [4.78, 5) is 17.1. The molecule has 1 unspecified atom stereocenters. The number of rotatable bonds is 6. The normalized spacial score (nSPS) is 11.8. The van der Waals surface area contributed by atoms with Crippen molar-refractivity contribution in [1.29, 1.82) is 0 Å². The van der Waals surface area contributed by atoms with Gasteiger partial charge in [-0.15, -0.1) is 0 Å². The first-order valence-corrected chi connectivity index (χ1v) is 8.68. The lowest BCUT2D eigenvalue weighted by atomic mass is 10.1. The summed E-state index contributed by atoms with van der Waals surface area (Å²) < 4.78 is 0. The lowest BCUT2D eigenvalue weighted by molar-refractivity contribution is -0.118. The van der Waals surface area contributed by atoms with Gasteiger partial charge in [0.2, 0.25) is 5.91 Å². The fourth-order valence-electron chi connectivity index (χ4n) is 2.99. The van der Waals surface area contributed by atoms with E-state index in [1.54, 1.807) is 12.4 Å². The maximum Gasteiger partial charge on any atom is 0.246 e. The molecule has 0 saturated carbocycles. The van der Waals surface area contributed by atoms with Crippen LogP contribution in [-0.2, 0) is 11.3 Å². The number of anilines is 1. The van der Waals surface area contributed by atoms with E-state index in [0.717, 1.165) is 27.9 Å². The standard InChI is InChI=1S/C22H23N3O/c1-16-11-17(2)13-20(12-16)25-22(26)21(19-8-4-3-5-9-19)24-15-18-7-6-10-23-14-18/h3-14,21,24H,15H2,1-2H3,(H,25,26). The van der Waals surface area contributed by atoms with Crippen molar-refractivity contribution in [3.63, 3.8) is 0 Å². The topological polar surface area (TPSA) is 54.0 Å². The van der Waals surface area contributed by atoms with Crippen molar-refractivity contribution in [1.82, 2.24) is 10.3 Å². The molecule has 1 atom stereocenters. The van der Waals surface area contributed by atoms with E-state index in [-0.39, 0.29) is 5.91 Å². The zero-order chi connectivity index (χ0) is 18.4. The molecular formula is C22H23N3O. The van der Waals surface area contributed by atoms with E-state index in [4.69, 9.17) is 0 Å². The molecule has 0 bridgehead atoms. The van der Waals surface area contributed by atoms with Crippen molar-refractivity contribution in [2.45, 2.75) is 26.4 Å². The Kier molecular flexibility index (Phi) is 5.77. The fourth-order valence-corrected chi connectivity index (χ4v) is 2.99. The molecule has 1 heterocycles. The second-order valence-electron chi connectivity index (χ2n) is 6.45. The Hall–Kier alpha value is -2.98. The van der Waals surface area contributed by atoms with Crippen molar-refractivity contribution in [3.05, 3.63) is 95.3 Å². The molecule has 4 nitrogen and oxygen atoms in total. The fraction of sp³-hybridized carbons (Fsp3) is 0.182. The molecule has 0 aliphatic carbocycles. The van der Waals surface area contributed by atoms with Crippen LogP contribution in [0.5, 0.6) is 0 Å². The lowest BCUT2D eigenvalue weighted by Crippen LogP contribution is -2.32. The third-order valence-corrected chi connectivity index (χ3v) is 4.12. The summed E-state index contributed by atoms with van der Waals surface area (Å²) in [5, 5.41) is 6.39. The number of carbonyl (C=O) groups excluding carboxylic acids is 1. The molecular weight excluding hydrogens is 322 g/mol. The van der Waals surface area contributed by atoms with Gasteiger partial charge in [-0.05, 0) is 54.3 Å². The number of hydrogen-bond acceptors (Lipinski definition) is 3. The van der Waals surface area contributed by atoms with E-state index in [2.05, 4.69) is 21.7 Å². The number of benzene rings is 2. The molecule has 2 N–H and O–H groups in total. The van der Waals surface area contributed by atoms with E-state index in [9.17, 15) is 4.79 Å². The summed E-state index contributed by atoms with van der Waals surface area (Å²) in [5.74, 6) is -0.0786. The van der Waals surface area contributed by atoms with Crippen LogP contribution < -0.4 is 10.6 Å². The van der Waals surface area contributed by atoms with Gasteiger partial charge in [-0.2, -0.15) is 0 Å². The number of nitrogens with one attached hydrogen (secondary N) is 2. The summed E-state index contributed by atoms with van der Waals surface area (Å²) in [5.41, 5.74) is 5.03. The van der Waals surface area contributed by atoms with Crippen LogP contribution in [0.25, 0.3) is 0 Å². The SMILES string of the molecule is Cc1cc(C)cc(NC(=O)C(NCc2cccnc2)c2ccccc2)c1. The first-order chi connectivity index (χ1) is 12.6. The van der Waals surface area contributed by atoms with Gasteiger partial charge in [-0.25, -0.2) is 0 Å². The Morgan fingerprint density at radius 3 is 2.38 bits per heavy atom. The Morgan fingerprint density at radius 2 is 1.73 bits per heavy atom. The van der Waals surface area contributed by atoms with Crippen LogP contribution in [0, 0.1) is 13.8 Å². The van der Waals surface area contributed by atoms with Gasteiger partial charge in [0.15, 0.2) is 0 Å². The number of pyridine rings is 1. The third kappa shape index (κ3) is 4.77. The summed E-state index contributed by atoms with van der Waals surface area (Å²) in [6.45, 7) is 4.61. The number of hydrogen-bond donors (Lipinski definition) is 2. The molecule has 132 valence electrons. The molecule has 2 aromatic carbocycles. The largest absolute Gasteiger partial charge is 0.324 e. The number of aryl methyl sites for hydroxylation is 2. The number of aromatic nitrogens is 1. The van der Waals surface area contributed by atoms with Gasteiger partial charge < -0.3 is 5.32 Å². The van der Waals surface area contributed by atoms with Crippen LogP contribution in [0.1, 0.15) is 28.3 Å². The van der Waals surface area contributed by atoms with Crippen molar-refractivity contribution < 1.29 is 4.79 Å². The zero-order valence-corrected chi connectivity index (χ0v) is 15.1. The molecule has 0 aliphatic heterocycles. The van der Waals surface area contributed by atoms with E-state index in [1.165, 1.54) is 0 Å². The monoisotopic (exact) mass is 345 g/mol. The van der Waals surface area contributed by atoms with Crippen LogP contribution in [0.4, 0.5) is 5.69 Å². The minimum Gasteiger partial charge on any atom is -0.324 e. The van der Waals surface area contributed by atoms with Crippen LogP contribution >= 0.6 is 0 Å². The van der Waals surface area contributed by atoms with Gasteiger partial charge in [-0.1, -0.05) is 42.5 Å². The smallest absolute Gasteiger partial charge is 0.246 e. The van der Waals surface area contributed by atoms with Gasteiger partial charge in [0.25, 0.3) is 0 Å². The van der Waals surface area contributed by atoms with Crippen molar-refractivity contribution in [2.75, 3.05) is 5.32 Å². The molecule has 4 heteroatoms. The summed E-state index contributed by atoms with van der Waals surface area (Å²) in [6.07, 6.45) is 3.54. The summed E-state index contributed by atoms with van der Waals surface area (Å²) >= 11 is 0. The molecule has 0 aliphatic rings. The van der Waals surface area contributed by atoms with Crippen molar-refractivity contribution >= 4 is 11.6 Å². The molecule has 1 amide bonds. The highest BCUT2D eigenvalue weighted by molar-refractivity contribution is 5.95. The van der Waals surface area contributed by atoms with Gasteiger partial charge in [0, 0.05) is 24.6 Å². The van der Waals surface area contributed by atoms with E-state index >= 15 is 0 Å². The van der Waals surface area contributed by atoms with Crippen LogP contribution in [0.2, 0.25) is 0 Å². The Labute approximate surface area is 154 Å². The highest BCUT2D eigenvalue weighted by Gasteiger charge is 2.20. The first kappa shape index (κ1) is 17.8. The molecule has 26 heavy (non-hydrogen) atoms. The lowest BCUT2D eigenvalue weighted by Gasteiger charge is -2.19. The molecule has 0 spiro atoms. The summed E-state index contributed by atoms with van der Waals surface area (Å²) in [7, 11) is 0. The number of nitrogens with zero attached hydrogens (tertiary/aromatic N) is 1. The molecule has 3 aromatic rings. The Morgan fingerprint density at radius 1 is 1.00 bits per heavy atom. The minimum absolute atomic E-state index is 0.0786. The average molecular weight is 345 g/mol. The van der Waals surface area contributed by atoms with Crippen molar-refractivity contribution in [3.8, 4) is 0 Å². The van der Waals surface area contributed by atoms with Crippen LogP contribution in [0.3, 0.4) is 0 Å². The highest BCUT2D eigenvalue weighted by atomic mass is 16.2. The quantitative estimate of drug-likeness (QED) is 0.705. The Bertz CT molecular complexity index is 843. The van der Waals surface area contributed by atoms with Gasteiger partial charge in [-0.3, -0.25) is 15.1 Å². The first-order valence-electron chi connectivity index (χ1n) is 8.68. The second kappa shape index (κ2) is 8.41. The molecule has 0 radical (unpaired) electrons. The van der Waals surface area contributed by atoms with Crippen LogP contribution in [0.15, 0.2) is 73.1 Å². The van der Waals surface area contributed by atoms with Gasteiger partial charge >= 0.3 is 0 Å². The number of amides is 1. The summed E-state index contributed by atoms with van der Waals surface area (Å²) in [6, 6.07) is 19.2.